The molecule has 0 unspecified atom stereocenters. The Balaban J connectivity index is 2.09. The lowest BCUT2D eigenvalue weighted by Gasteiger charge is -2.14. The van der Waals surface area contributed by atoms with E-state index < -0.39 is 0 Å². The van der Waals surface area contributed by atoms with Gasteiger partial charge in [-0.2, -0.15) is 0 Å². The average Bonchev–Trinajstić information content (AvgIpc) is 3.24. The summed E-state index contributed by atoms with van der Waals surface area (Å²) in [5.41, 5.74) is 2.68. The SMILES string of the molecule is CCC1(CNC(=O)c2cccc(C#CCO)c2C)CC1. The van der Waals surface area contributed by atoms with Crippen LogP contribution in [0.4, 0.5) is 0 Å². The number of hydrogen-bond donors (Lipinski definition) is 2. The summed E-state index contributed by atoms with van der Waals surface area (Å²) in [5, 5.41) is 11.8. The Bertz CT molecular complexity index is 562. The van der Waals surface area contributed by atoms with Crippen LogP contribution < -0.4 is 5.32 Å². The van der Waals surface area contributed by atoms with Crippen LogP contribution in [-0.2, 0) is 0 Å². The third-order valence-corrected chi connectivity index (χ3v) is 4.21. The number of aliphatic hydroxyl groups is 1. The number of amides is 1. The van der Waals surface area contributed by atoms with Gasteiger partial charge in [0.2, 0.25) is 0 Å². The second-order valence-corrected chi connectivity index (χ2v) is 5.47. The lowest BCUT2D eigenvalue weighted by Crippen LogP contribution is -2.30. The molecule has 0 atom stereocenters. The predicted molar refractivity (Wildman–Crippen MR) is 79.4 cm³/mol. The topological polar surface area (TPSA) is 49.3 Å². The van der Waals surface area contributed by atoms with E-state index >= 15 is 0 Å². The number of aliphatic hydroxyl groups excluding tert-OH is 1. The summed E-state index contributed by atoms with van der Waals surface area (Å²) in [6.45, 7) is 4.65. The van der Waals surface area contributed by atoms with E-state index in [0.29, 0.717) is 11.0 Å². The Morgan fingerprint density at radius 2 is 2.20 bits per heavy atom. The molecule has 0 bridgehead atoms. The highest BCUT2D eigenvalue weighted by Gasteiger charge is 2.40. The number of rotatable bonds is 4. The molecule has 106 valence electrons. The van der Waals surface area contributed by atoms with Gasteiger partial charge in [0.1, 0.15) is 6.61 Å². The molecule has 2 N–H and O–H groups in total. The number of carbonyl (C=O) groups is 1. The van der Waals surface area contributed by atoms with Crippen LogP contribution in [-0.4, -0.2) is 24.2 Å². The van der Waals surface area contributed by atoms with Crippen LogP contribution in [0.3, 0.4) is 0 Å². The first kappa shape index (κ1) is 14.6. The number of hydrogen-bond acceptors (Lipinski definition) is 2. The minimum Gasteiger partial charge on any atom is -0.384 e. The molecule has 2 rings (SSSR count). The van der Waals surface area contributed by atoms with Crippen LogP contribution in [0.15, 0.2) is 18.2 Å². The minimum absolute atomic E-state index is 0.0325. The molecule has 1 aliphatic carbocycles. The fourth-order valence-corrected chi connectivity index (χ4v) is 2.35. The van der Waals surface area contributed by atoms with Gasteiger partial charge in [0.25, 0.3) is 5.91 Å². The van der Waals surface area contributed by atoms with Crippen molar-refractivity contribution in [2.45, 2.75) is 33.1 Å². The van der Waals surface area contributed by atoms with Crippen molar-refractivity contribution in [3.63, 3.8) is 0 Å². The number of nitrogens with one attached hydrogen (secondary N) is 1. The predicted octanol–water partition coefficient (Wildman–Crippen LogP) is 2.26. The molecule has 0 aromatic heterocycles. The van der Waals surface area contributed by atoms with Crippen molar-refractivity contribution in [2.75, 3.05) is 13.2 Å². The molecule has 0 heterocycles. The molecule has 3 nitrogen and oxygen atoms in total. The maximum Gasteiger partial charge on any atom is 0.251 e. The smallest absolute Gasteiger partial charge is 0.251 e. The van der Waals surface area contributed by atoms with Crippen molar-refractivity contribution < 1.29 is 9.90 Å². The Kier molecular flexibility index (Phi) is 4.46. The summed E-state index contributed by atoms with van der Waals surface area (Å²) in [6.07, 6.45) is 3.55. The van der Waals surface area contributed by atoms with Crippen LogP contribution in [0, 0.1) is 24.2 Å². The lowest BCUT2D eigenvalue weighted by atomic mass is 10.0. The van der Waals surface area contributed by atoms with Gasteiger partial charge in [-0.25, -0.2) is 0 Å². The third kappa shape index (κ3) is 3.20. The zero-order chi connectivity index (χ0) is 14.6. The molecule has 1 aromatic rings. The van der Waals surface area contributed by atoms with E-state index in [9.17, 15) is 4.79 Å². The first-order chi connectivity index (χ1) is 9.62. The maximum absolute atomic E-state index is 12.3. The Labute approximate surface area is 120 Å². The van der Waals surface area contributed by atoms with Crippen LogP contribution in [0.25, 0.3) is 0 Å². The van der Waals surface area contributed by atoms with Crippen molar-refractivity contribution in [3.05, 3.63) is 34.9 Å². The van der Waals surface area contributed by atoms with Crippen molar-refractivity contribution >= 4 is 5.91 Å². The molecule has 0 aliphatic heterocycles. The average molecular weight is 271 g/mol. The van der Waals surface area contributed by atoms with Gasteiger partial charge >= 0.3 is 0 Å². The van der Waals surface area contributed by atoms with Crippen LogP contribution in [0.5, 0.6) is 0 Å². The summed E-state index contributed by atoms with van der Waals surface area (Å²) in [5.74, 6) is 5.46. The van der Waals surface area contributed by atoms with Crippen molar-refractivity contribution in [2.24, 2.45) is 5.41 Å². The quantitative estimate of drug-likeness (QED) is 0.825. The molecule has 0 saturated heterocycles. The van der Waals surface area contributed by atoms with Crippen molar-refractivity contribution in [1.82, 2.24) is 5.32 Å². The molecule has 1 fully saturated rings. The van der Waals surface area contributed by atoms with Crippen molar-refractivity contribution in [1.29, 1.82) is 0 Å². The van der Waals surface area contributed by atoms with Gasteiger partial charge in [-0.3, -0.25) is 4.79 Å². The van der Waals surface area contributed by atoms with Gasteiger partial charge in [0.15, 0.2) is 0 Å². The highest BCUT2D eigenvalue weighted by Crippen LogP contribution is 2.47. The highest BCUT2D eigenvalue weighted by atomic mass is 16.2. The zero-order valence-electron chi connectivity index (χ0n) is 12.1. The number of carbonyl (C=O) groups excluding carboxylic acids is 1. The van der Waals surface area contributed by atoms with Gasteiger partial charge in [-0.1, -0.05) is 24.8 Å². The summed E-state index contributed by atoms with van der Waals surface area (Å²) in [4.78, 5) is 12.3. The fourth-order valence-electron chi connectivity index (χ4n) is 2.35. The van der Waals surface area contributed by atoms with Gasteiger partial charge in [-0.05, 0) is 49.3 Å². The van der Waals surface area contributed by atoms with Crippen molar-refractivity contribution in [3.8, 4) is 11.8 Å². The van der Waals surface area contributed by atoms with E-state index in [4.69, 9.17) is 5.11 Å². The standard InChI is InChI=1S/C17H21NO2/c1-3-17(9-10-17)12-18-16(20)15-8-4-6-14(13(15)2)7-5-11-19/h4,6,8,19H,3,9-12H2,1-2H3,(H,18,20). The normalized spacial score (nSPS) is 15.2. The molecule has 1 aromatic carbocycles. The molecule has 0 spiro atoms. The van der Waals surface area contributed by atoms with E-state index in [1.807, 2.05) is 25.1 Å². The first-order valence-corrected chi connectivity index (χ1v) is 7.09. The molecule has 1 aliphatic rings. The molecule has 0 radical (unpaired) electrons. The lowest BCUT2D eigenvalue weighted by molar-refractivity contribution is 0.0943. The molecule has 1 saturated carbocycles. The van der Waals surface area contributed by atoms with Gasteiger partial charge in [0.05, 0.1) is 0 Å². The van der Waals surface area contributed by atoms with E-state index in [1.54, 1.807) is 0 Å². The van der Waals surface area contributed by atoms with E-state index in [1.165, 1.54) is 12.8 Å². The van der Waals surface area contributed by atoms with Crippen LogP contribution in [0.1, 0.15) is 47.7 Å². The maximum atomic E-state index is 12.3. The molecular formula is C17H21NO2. The zero-order valence-corrected chi connectivity index (χ0v) is 12.1. The second kappa shape index (κ2) is 6.11. The molecule has 3 heteroatoms. The van der Waals surface area contributed by atoms with Crippen LogP contribution >= 0.6 is 0 Å². The first-order valence-electron chi connectivity index (χ1n) is 7.09. The molecular weight excluding hydrogens is 250 g/mol. The van der Waals surface area contributed by atoms with Gasteiger partial charge in [0, 0.05) is 17.7 Å². The fraction of sp³-hybridized carbons (Fsp3) is 0.471. The van der Waals surface area contributed by atoms with E-state index in [-0.39, 0.29) is 12.5 Å². The summed E-state index contributed by atoms with van der Waals surface area (Å²) in [7, 11) is 0. The highest BCUT2D eigenvalue weighted by molar-refractivity contribution is 5.96. The van der Waals surface area contributed by atoms with E-state index in [2.05, 4.69) is 24.1 Å². The second-order valence-electron chi connectivity index (χ2n) is 5.47. The number of benzene rings is 1. The molecule has 1 amide bonds. The van der Waals surface area contributed by atoms with Gasteiger partial charge in [-0.15, -0.1) is 0 Å². The van der Waals surface area contributed by atoms with E-state index in [0.717, 1.165) is 24.1 Å². The largest absolute Gasteiger partial charge is 0.384 e. The third-order valence-electron chi connectivity index (χ3n) is 4.21. The molecule has 20 heavy (non-hydrogen) atoms. The Morgan fingerprint density at radius 3 is 2.80 bits per heavy atom. The van der Waals surface area contributed by atoms with Crippen LogP contribution in [0.2, 0.25) is 0 Å². The monoisotopic (exact) mass is 271 g/mol. The summed E-state index contributed by atoms with van der Waals surface area (Å²) in [6, 6.07) is 5.51. The Hall–Kier alpha value is -1.79. The Morgan fingerprint density at radius 1 is 1.45 bits per heavy atom. The summed E-state index contributed by atoms with van der Waals surface area (Å²) < 4.78 is 0. The summed E-state index contributed by atoms with van der Waals surface area (Å²) >= 11 is 0. The van der Waals surface area contributed by atoms with Gasteiger partial charge < -0.3 is 10.4 Å². The minimum atomic E-state index is -0.172.